The van der Waals surface area contributed by atoms with Gasteiger partial charge >= 0.3 is 12.1 Å². The molecule has 0 saturated carbocycles. The largest absolute Gasteiger partial charge is 0.495 e. The van der Waals surface area contributed by atoms with Crippen LogP contribution < -0.4 is 20.1 Å². The summed E-state index contributed by atoms with van der Waals surface area (Å²) < 4.78 is 20.9. The molecule has 2 aromatic rings. The third kappa shape index (κ3) is 8.03. The maximum atomic E-state index is 12.9. The normalized spacial score (nSPS) is 10.7. The Hall–Kier alpha value is -3.75. The van der Waals surface area contributed by atoms with Crippen molar-refractivity contribution in [1.82, 2.24) is 5.32 Å². The van der Waals surface area contributed by atoms with Crippen molar-refractivity contribution in [1.29, 1.82) is 0 Å². The minimum atomic E-state index is -0.560. The van der Waals surface area contributed by atoms with Gasteiger partial charge in [-0.1, -0.05) is 12.1 Å². The Morgan fingerprint density at radius 2 is 1.70 bits per heavy atom. The van der Waals surface area contributed by atoms with E-state index in [-0.39, 0.29) is 6.61 Å². The molecule has 9 heteroatoms. The van der Waals surface area contributed by atoms with E-state index in [1.807, 2.05) is 0 Å². The highest BCUT2D eigenvalue weighted by Gasteiger charge is 2.17. The molecule has 0 fully saturated rings. The second kappa shape index (κ2) is 11.8. The quantitative estimate of drug-likeness (QED) is 0.431. The molecule has 0 aliphatic carbocycles. The molecular weight excluding hydrogens is 428 g/mol. The van der Waals surface area contributed by atoms with Crippen molar-refractivity contribution in [2.45, 2.75) is 32.8 Å². The number of methoxy groups -OCH3 is 2. The van der Waals surface area contributed by atoms with Gasteiger partial charge in [0.1, 0.15) is 17.1 Å². The van der Waals surface area contributed by atoms with E-state index in [9.17, 15) is 14.4 Å². The van der Waals surface area contributed by atoms with Crippen molar-refractivity contribution in [2.75, 3.05) is 32.7 Å². The molecular formula is C24H30N2O7. The van der Waals surface area contributed by atoms with Gasteiger partial charge in [0.25, 0.3) is 5.91 Å². The Bertz CT molecular complexity index is 983. The molecule has 0 aliphatic heterocycles. The highest BCUT2D eigenvalue weighted by molar-refractivity contribution is 6.07. The van der Waals surface area contributed by atoms with E-state index in [2.05, 4.69) is 10.6 Å². The van der Waals surface area contributed by atoms with Crippen molar-refractivity contribution < 1.29 is 33.3 Å². The number of carbonyl (C=O) groups excluding carboxylic acids is 3. The summed E-state index contributed by atoms with van der Waals surface area (Å²) in [5, 5.41) is 5.43. The Balaban J connectivity index is 1.97. The van der Waals surface area contributed by atoms with E-state index >= 15 is 0 Å². The van der Waals surface area contributed by atoms with Crippen molar-refractivity contribution in [3.63, 3.8) is 0 Å². The summed E-state index contributed by atoms with van der Waals surface area (Å²) in [5.74, 6) is -0.192. The van der Waals surface area contributed by atoms with Gasteiger partial charge in [0.2, 0.25) is 0 Å². The molecule has 2 amide bonds. The summed E-state index contributed by atoms with van der Waals surface area (Å²) in [7, 11) is 2.73. The molecule has 0 aromatic heterocycles. The molecule has 178 valence electrons. The molecule has 2 aromatic carbocycles. The van der Waals surface area contributed by atoms with Gasteiger partial charge in [0.05, 0.1) is 37.6 Å². The number of carbonyl (C=O) groups is 3. The number of alkyl carbamates (subject to hydrolysis) is 1. The predicted molar refractivity (Wildman–Crippen MR) is 123 cm³/mol. The van der Waals surface area contributed by atoms with Crippen LogP contribution in [0.1, 0.15) is 47.9 Å². The second-order valence-electron chi connectivity index (χ2n) is 7.99. The molecule has 9 nitrogen and oxygen atoms in total. The molecule has 0 radical (unpaired) electrons. The van der Waals surface area contributed by atoms with Crippen LogP contribution in [-0.2, 0) is 9.47 Å². The summed E-state index contributed by atoms with van der Waals surface area (Å²) in [4.78, 5) is 36.3. The lowest BCUT2D eigenvalue weighted by atomic mass is 10.1. The molecule has 2 N–H and O–H groups in total. The van der Waals surface area contributed by atoms with Crippen LogP contribution in [-0.4, -0.2) is 50.9 Å². The second-order valence-corrected chi connectivity index (χ2v) is 7.99. The monoisotopic (exact) mass is 458 g/mol. The number of amides is 2. The Morgan fingerprint density at radius 3 is 2.36 bits per heavy atom. The minimum Gasteiger partial charge on any atom is -0.495 e. The number of hydrogen-bond acceptors (Lipinski definition) is 7. The summed E-state index contributed by atoms with van der Waals surface area (Å²) in [6.07, 6.45) is 0.0345. The summed E-state index contributed by atoms with van der Waals surface area (Å²) in [6, 6.07) is 11.4. The number of para-hydroxylation sites is 1. The van der Waals surface area contributed by atoms with Crippen molar-refractivity contribution in [2.24, 2.45) is 0 Å². The zero-order chi connectivity index (χ0) is 24.4. The van der Waals surface area contributed by atoms with Crippen molar-refractivity contribution >= 4 is 23.7 Å². The molecule has 0 unspecified atom stereocenters. The van der Waals surface area contributed by atoms with E-state index in [0.717, 1.165) is 0 Å². The van der Waals surface area contributed by atoms with Crippen LogP contribution in [0.15, 0.2) is 42.5 Å². The first kappa shape index (κ1) is 25.5. The van der Waals surface area contributed by atoms with Gasteiger partial charge in [-0.2, -0.15) is 0 Å². The van der Waals surface area contributed by atoms with Gasteiger partial charge in [-0.25, -0.2) is 9.59 Å². The fourth-order valence-electron chi connectivity index (χ4n) is 2.77. The van der Waals surface area contributed by atoms with Crippen LogP contribution >= 0.6 is 0 Å². The molecule has 0 atom stereocenters. The van der Waals surface area contributed by atoms with Crippen LogP contribution in [0, 0.1) is 0 Å². The lowest BCUT2D eigenvalue weighted by Gasteiger charge is -2.19. The zero-order valence-electron chi connectivity index (χ0n) is 19.5. The Morgan fingerprint density at radius 1 is 0.970 bits per heavy atom. The van der Waals surface area contributed by atoms with E-state index in [4.69, 9.17) is 18.9 Å². The fourth-order valence-corrected chi connectivity index (χ4v) is 2.77. The van der Waals surface area contributed by atoms with Crippen molar-refractivity contribution in [3.05, 3.63) is 53.6 Å². The lowest BCUT2D eigenvalue weighted by Crippen LogP contribution is -2.33. The third-order valence-electron chi connectivity index (χ3n) is 4.25. The maximum absolute atomic E-state index is 12.9. The van der Waals surface area contributed by atoms with Crippen LogP contribution in [0.4, 0.5) is 10.5 Å². The van der Waals surface area contributed by atoms with E-state index < -0.39 is 23.6 Å². The smallest absolute Gasteiger partial charge is 0.407 e. The molecule has 33 heavy (non-hydrogen) atoms. The number of nitrogens with one attached hydrogen (secondary N) is 2. The lowest BCUT2D eigenvalue weighted by molar-refractivity contribution is 0.0524. The van der Waals surface area contributed by atoms with Gasteiger partial charge in [0.15, 0.2) is 0 Å². The maximum Gasteiger partial charge on any atom is 0.407 e. The Labute approximate surface area is 193 Å². The van der Waals surface area contributed by atoms with E-state index in [1.54, 1.807) is 51.1 Å². The summed E-state index contributed by atoms with van der Waals surface area (Å²) in [6.45, 7) is 6.03. The third-order valence-corrected chi connectivity index (χ3v) is 4.25. The molecule has 0 spiro atoms. The van der Waals surface area contributed by atoms with Crippen molar-refractivity contribution in [3.8, 4) is 11.5 Å². The Kier molecular flexibility index (Phi) is 9.08. The number of anilines is 1. The SMILES string of the molecule is COC(=O)c1ccc(NC(=O)c2ccccc2OCCCNC(=O)OC(C)(C)C)c(OC)c1. The van der Waals surface area contributed by atoms with Gasteiger partial charge in [-0.15, -0.1) is 0 Å². The van der Waals surface area contributed by atoms with Gasteiger partial charge < -0.3 is 29.6 Å². The predicted octanol–water partition coefficient (Wildman–Crippen LogP) is 4.03. The first-order chi connectivity index (χ1) is 15.6. The molecule has 2 rings (SSSR count). The first-order valence-corrected chi connectivity index (χ1v) is 10.4. The standard InChI is InChI=1S/C24H30N2O7/c1-24(2,3)33-23(29)25-13-8-14-32-19-10-7-6-9-17(19)21(27)26-18-12-11-16(22(28)31-5)15-20(18)30-4/h6-7,9-12,15H,8,13-14H2,1-5H3,(H,25,29)(H,26,27). The number of ether oxygens (including phenoxy) is 4. The topological polar surface area (TPSA) is 112 Å². The number of rotatable bonds is 9. The van der Waals surface area contributed by atoms with Gasteiger partial charge in [-0.05, 0) is 57.5 Å². The first-order valence-electron chi connectivity index (χ1n) is 10.4. The highest BCUT2D eigenvalue weighted by Crippen LogP contribution is 2.28. The highest BCUT2D eigenvalue weighted by atomic mass is 16.6. The van der Waals surface area contributed by atoms with E-state index in [0.29, 0.717) is 41.3 Å². The van der Waals surface area contributed by atoms with E-state index in [1.165, 1.54) is 26.4 Å². The van der Waals surface area contributed by atoms with Gasteiger partial charge in [0, 0.05) is 6.54 Å². The minimum absolute atomic E-state index is 0.289. The fraction of sp³-hybridized carbons (Fsp3) is 0.375. The summed E-state index contributed by atoms with van der Waals surface area (Å²) >= 11 is 0. The number of benzene rings is 2. The van der Waals surface area contributed by atoms with Crippen LogP contribution in [0.2, 0.25) is 0 Å². The zero-order valence-corrected chi connectivity index (χ0v) is 19.5. The molecule has 0 bridgehead atoms. The van der Waals surface area contributed by atoms with Crippen LogP contribution in [0.3, 0.4) is 0 Å². The number of esters is 1. The van der Waals surface area contributed by atoms with Crippen LogP contribution in [0.25, 0.3) is 0 Å². The average molecular weight is 459 g/mol. The average Bonchev–Trinajstić information content (AvgIpc) is 2.77. The number of hydrogen-bond donors (Lipinski definition) is 2. The summed E-state index contributed by atoms with van der Waals surface area (Å²) in [5.41, 5.74) is 0.467. The molecule has 0 heterocycles. The molecule has 0 saturated heterocycles. The van der Waals surface area contributed by atoms with Gasteiger partial charge in [-0.3, -0.25) is 4.79 Å². The van der Waals surface area contributed by atoms with Crippen LogP contribution in [0.5, 0.6) is 11.5 Å². The molecule has 0 aliphatic rings.